The molecule has 0 unspecified atom stereocenters. The molecule has 0 atom stereocenters. The van der Waals surface area contributed by atoms with Crippen LogP contribution in [-0.4, -0.2) is 20.3 Å². The zero-order valence-corrected chi connectivity index (χ0v) is 14.4. The van der Waals surface area contributed by atoms with Gasteiger partial charge in [-0.15, -0.1) is 0 Å². The van der Waals surface area contributed by atoms with Crippen LogP contribution in [0.4, 0.5) is 0 Å². The second-order valence-corrected chi connectivity index (χ2v) is 5.68. The first-order valence-electron chi connectivity index (χ1n) is 7.42. The topological polar surface area (TPSA) is 30.5 Å². The average molecular weight is 344 g/mol. The van der Waals surface area contributed by atoms with E-state index in [1.807, 2.05) is 13.0 Å². The summed E-state index contributed by atoms with van der Waals surface area (Å²) in [5.41, 5.74) is 1.13. The van der Waals surface area contributed by atoms with Crippen LogP contribution in [-0.2, 0) is 6.54 Å². The highest BCUT2D eigenvalue weighted by Crippen LogP contribution is 2.34. The van der Waals surface area contributed by atoms with Crippen LogP contribution >= 0.6 is 15.9 Å². The molecule has 0 aliphatic rings. The van der Waals surface area contributed by atoms with Crippen LogP contribution < -0.4 is 14.8 Å². The zero-order chi connectivity index (χ0) is 14.8. The molecule has 0 heterocycles. The molecular formula is C16H26BrNO2. The van der Waals surface area contributed by atoms with E-state index in [1.54, 1.807) is 7.11 Å². The molecule has 1 aromatic rings. The highest BCUT2D eigenvalue weighted by molar-refractivity contribution is 9.10. The molecule has 0 bridgehead atoms. The molecule has 3 nitrogen and oxygen atoms in total. The Kier molecular flexibility index (Phi) is 8.70. The monoisotopic (exact) mass is 343 g/mol. The van der Waals surface area contributed by atoms with Crippen molar-refractivity contribution in [1.82, 2.24) is 5.32 Å². The Bertz CT molecular complexity index is 396. The molecule has 0 spiro atoms. The van der Waals surface area contributed by atoms with Gasteiger partial charge in [0.2, 0.25) is 0 Å². The molecular weight excluding hydrogens is 318 g/mol. The van der Waals surface area contributed by atoms with Crippen LogP contribution in [0.3, 0.4) is 0 Å². The largest absolute Gasteiger partial charge is 0.493 e. The number of hydrogen-bond donors (Lipinski definition) is 1. The van der Waals surface area contributed by atoms with Gasteiger partial charge in [-0.2, -0.15) is 0 Å². The van der Waals surface area contributed by atoms with Gasteiger partial charge >= 0.3 is 0 Å². The van der Waals surface area contributed by atoms with E-state index in [0.29, 0.717) is 6.61 Å². The molecule has 1 rings (SSSR count). The minimum absolute atomic E-state index is 0.640. The van der Waals surface area contributed by atoms with Gasteiger partial charge in [0.25, 0.3) is 0 Å². The molecule has 20 heavy (non-hydrogen) atoms. The lowest BCUT2D eigenvalue weighted by Gasteiger charge is -2.15. The van der Waals surface area contributed by atoms with E-state index in [1.165, 1.54) is 25.7 Å². The van der Waals surface area contributed by atoms with Crippen molar-refractivity contribution in [2.45, 2.75) is 46.1 Å². The third-order valence-electron chi connectivity index (χ3n) is 3.13. The number of hydrogen-bond acceptors (Lipinski definition) is 3. The van der Waals surface area contributed by atoms with Crippen molar-refractivity contribution in [2.24, 2.45) is 0 Å². The van der Waals surface area contributed by atoms with Gasteiger partial charge < -0.3 is 14.8 Å². The summed E-state index contributed by atoms with van der Waals surface area (Å²) in [6.45, 7) is 6.71. The summed E-state index contributed by atoms with van der Waals surface area (Å²) in [5, 5.41) is 3.48. The first-order valence-corrected chi connectivity index (χ1v) is 8.22. The summed E-state index contributed by atoms with van der Waals surface area (Å²) in [5.74, 6) is 1.63. The van der Waals surface area contributed by atoms with E-state index in [4.69, 9.17) is 9.47 Å². The minimum atomic E-state index is 0.640. The van der Waals surface area contributed by atoms with Gasteiger partial charge in [0.15, 0.2) is 11.5 Å². The van der Waals surface area contributed by atoms with Gasteiger partial charge in [0.05, 0.1) is 13.7 Å². The summed E-state index contributed by atoms with van der Waals surface area (Å²) in [6, 6.07) is 4.03. The van der Waals surface area contributed by atoms with Crippen molar-refractivity contribution >= 4 is 15.9 Å². The fourth-order valence-corrected chi connectivity index (χ4v) is 2.60. The molecule has 0 aliphatic carbocycles. The number of rotatable bonds is 10. The van der Waals surface area contributed by atoms with Crippen LogP contribution in [0.5, 0.6) is 11.5 Å². The van der Waals surface area contributed by atoms with Gasteiger partial charge in [-0.25, -0.2) is 0 Å². The van der Waals surface area contributed by atoms with Crippen molar-refractivity contribution in [3.8, 4) is 11.5 Å². The molecule has 1 N–H and O–H groups in total. The lowest BCUT2D eigenvalue weighted by molar-refractivity contribution is 0.306. The van der Waals surface area contributed by atoms with Gasteiger partial charge in [-0.05, 0) is 32.0 Å². The third kappa shape index (κ3) is 5.71. The maximum atomic E-state index is 5.72. The highest BCUT2D eigenvalue weighted by Gasteiger charge is 2.11. The van der Waals surface area contributed by atoms with Crippen molar-refractivity contribution < 1.29 is 9.47 Å². The van der Waals surface area contributed by atoms with Crippen molar-refractivity contribution in [1.29, 1.82) is 0 Å². The summed E-state index contributed by atoms with van der Waals surface area (Å²) >= 11 is 3.52. The maximum Gasteiger partial charge on any atom is 0.165 e. The lowest BCUT2D eigenvalue weighted by Crippen LogP contribution is -2.15. The molecule has 0 radical (unpaired) electrons. The molecule has 0 saturated carbocycles. The summed E-state index contributed by atoms with van der Waals surface area (Å²) in [6.07, 6.45) is 5.11. The van der Waals surface area contributed by atoms with Gasteiger partial charge in [0.1, 0.15) is 0 Å². The van der Waals surface area contributed by atoms with Crippen molar-refractivity contribution in [3.63, 3.8) is 0 Å². The number of unbranched alkanes of at least 4 members (excludes halogenated alkanes) is 3. The quantitative estimate of drug-likeness (QED) is 0.633. The van der Waals surface area contributed by atoms with Crippen LogP contribution in [0.25, 0.3) is 0 Å². The Hall–Kier alpha value is -0.740. The molecule has 1 aromatic carbocycles. The number of methoxy groups -OCH3 is 1. The fraction of sp³-hybridized carbons (Fsp3) is 0.625. The van der Waals surface area contributed by atoms with E-state index in [2.05, 4.69) is 34.2 Å². The average Bonchev–Trinajstić information content (AvgIpc) is 2.45. The van der Waals surface area contributed by atoms with Gasteiger partial charge in [-0.1, -0.05) is 42.1 Å². The SMILES string of the molecule is CCCCCCNCc1cc(Br)cc(OC)c1OCC. The van der Waals surface area contributed by atoms with Gasteiger partial charge in [-0.3, -0.25) is 0 Å². The number of nitrogens with one attached hydrogen (secondary N) is 1. The summed E-state index contributed by atoms with van der Waals surface area (Å²) in [4.78, 5) is 0. The normalized spacial score (nSPS) is 10.6. The van der Waals surface area contributed by atoms with Crippen LogP contribution in [0.2, 0.25) is 0 Å². The first kappa shape index (κ1) is 17.3. The van der Waals surface area contributed by atoms with E-state index >= 15 is 0 Å². The van der Waals surface area contributed by atoms with E-state index in [9.17, 15) is 0 Å². The van der Waals surface area contributed by atoms with Crippen LogP contribution in [0.15, 0.2) is 16.6 Å². The zero-order valence-electron chi connectivity index (χ0n) is 12.8. The Balaban J connectivity index is 2.60. The molecule has 4 heteroatoms. The van der Waals surface area contributed by atoms with E-state index in [0.717, 1.165) is 34.6 Å². The van der Waals surface area contributed by atoms with E-state index < -0.39 is 0 Å². The molecule has 0 aromatic heterocycles. The number of ether oxygens (including phenoxy) is 2. The first-order chi connectivity index (χ1) is 9.72. The second-order valence-electron chi connectivity index (χ2n) is 4.77. The predicted molar refractivity (Wildman–Crippen MR) is 87.7 cm³/mol. The maximum absolute atomic E-state index is 5.72. The molecule has 0 aliphatic heterocycles. The van der Waals surface area contributed by atoms with Gasteiger partial charge in [0, 0.05) is 16.6 Å². The second kappa shape index (κ2) is 10.1. The van der Waals surface area contributed by atoms with Crippen LogP contribution in [0.1, 0.15) is 45.1 Å². The molecule has 0 saturated heterocycles. The number of halogens is 1. The highest BCUT2D eigenvalue weighted by atomic mass is 79.9. The summed E-state index contributed by atoms with van der Waals surface area (Å²) < 4.78 is 12.1. The Labute approximate surface area is 131 Å². The van der Waals surface area contributed by atoms with Crippen molar-refractivity contribution in [2.75, 3.05) is 20.3 Å². The molecule has 0 fully saturated rings. The third-order valence-corrected chi connectivity index (χ3v) is 3.59. The van der Waals surface area contributed by atoms with Crippen molar-refractivity contribution in [3.05, 3.63) is 22.2 Å². The minimum Gasteiger partial charge on any atom is -0.493 e. The van der Waals surface area contributed by atoms with E-state index in [-0.39, 0.29) is 0 Å². The Morgan fingerprint density at radius 3 is 2.60 bits per heavy atom. The Morgan fingerprint density at radius 2 is 1.95 bits per heavy atom. The summed E-state index contributed by atoms with van der Waals surface area (Å²) in [7, 11) is 1.67. The Morgan fingerprint density at radius 1 is 1.15 bits per heavy atom. The molecule has 114 valence electrons. The standard InChI is InChI=1S/C16H26BrNO2/c1-4-6-7-8-9-18-12-13-10-14(17)11-15(19-3)16(13)20-5-2/h10-11,18H,4-9,12H2,1-3H3. The smallest absolute Gasteiger partial charge is 0.165 e. The predicted octanol–water partition coefficient (Wildman–Crippen LogP) is 4.53. The fourth-order valence-electron chi connectivity index (χ4n) is 2.11. The van der Waals surface area contributed by atoms with Crippen LogP contribution in [0, 0.1) is 0 Å². The lowest BCUT2D eigenvalue weighted by atomic mass is 10.1. The number of benzene rings is 1. The molecule has 0 amide bonds.